The fourth-order valence-corrected chi connectivity index (χ4v) is 1.69. The van der Waals surface area contributed by atoms with Gasteiger partial charge in [-0.1, -0.05) is 24.6 Å². The van der Waals surface area contributed by atoms with Crippen LogP contribution in [0.3, 0.4) is 0 Å². The summed E-state index contributed by atoms with van der Waals surface area (Å²) >= 11 is 5.82. The number of aromatic nitrogens is 1. The SMILES string of the molecule is CCCNc1ccc(COc2ccc(Cl)cc2)cn1. The number of pyridine rings is 1. The van der Waals surface area contributed by atoms with Gasteiger partial charge >= 0.3 is 0 Å². The molecule has 1 aromatic heterocycles. The van der Waals surface area contributed by atoms with Crippen LogP contribution in [0.1, 0.15) is 18.9 Å². The van der Waals surface area contributed by atoms with Crippen molar-refractivity contribution in [1.29, 1.82) is 0 Å². The van der Waals surface area contributed by atoms with Gasteiger partial charge in [0.1, 0.15) is 18.2 Å². The van der Waals surface area contributed by atoms with Crippen LogP contribution in [0.2, 0.25) is 5.02 Å². The lowest BCUT2D eigenvalue weighted by Gasteiger charge is -2.07. The number of anilines is 1. The third-order valence-corrected chi connectivity index (χ3v) is 2.85. The summed E-state index contributed by atoms with van der Waals surface area (Å²) in [6.07, 6.45) is 2.91. The van der Waals surface area contributed by atoms with Crippen molar-refractivity contribution in [2.45, 2.75) is 20.0 Å². The van der Waals surface area contributed by atoms with Gasteiger partial charge in [-0.2, -0.15) is 0 Å². The molecular weight excluding hydrogens is 260 g/mol. The summed E-state index contributed by atoms with van der Waals surface area (Å²) in [6.45, 7) is 3.57. The Morgan fingerprint density at radius 2 is 1.95 bits per heavy atom. The van der Waals surface area contributed by atoms with Crippen LogP contribution in [0.15, 0.2) is 42.6 Å². The number of nitrogens with zero attached hydrogens (tertiary/aromatic N) is 1. The summed E-state index contributed by atoms with van der Waals surface area (Å²) in [5, 5.41) is 3.94. The second-order valence-electron chi connectivity index (χ2n) is 4.22. The Labute approximate surface area is 118 Å². The average molecular weight is 277 g/mol. The first-order valence-electron chi connectivity index (χ1n) is 6.35. The van der Waals surface area contributed by atoms with Gasteiger partial charge in [0.05, 0.1) is 0 Å². The lowest BCUT2D eigenvalue weighted by Crippen LogP contribution is -2.02. The molecule has 0 aliphatic rings. The maximum Gasteiger partial charge on any atom is 0.125 e. The number of hydrogen-bond acceptors (Lipinski definition) is 3. The van der Waals surface area contributed by atoms with E-state index in [0.29, 0.717) is 11.6 Å². The lowest BCUT2D eigenvalue weighted by atomic mass is 10.3. The first kappa shape index (κ1) is 13.7. The highest BCUT2D eigenvalue weighted by Crippen LogP contribution is 2.17. The molecule has 100 valence electrons. The minimum Gasteiger partial charge on any atom is -0.489 e. The minimum atomic E-state index is 0.503. The predicted octanol–water partition coefficient (Wildman–Crippen LogP) is 4.14. The Hall–Kier alpha value is -1.74. The van der Waals surface area contributed by atoms with E-state index in [0.717, 1.165) is 30.1 Å². The van der Waals surface area contributed by atoms with Gasteiger partial charge in [-0.25, -0.2) is 4.98 Å². The van der Waals surface area contributed by atoms with Crippen molar-refractivity contribution in [2.75, 3.05) is 11.9 Å². The van der Waals surface area contributed by atoms with E-state index in [2.05, 4.69) is 17.2 Å². The van der Waals surface area contributed by atoms with E-state index in [1.54, 1.807) is 0 Å². The summed E-state index contributed by atoms with van der Waals surface area (Å²) in [4.78, 5) is 4.33. The van der Waals surface area contributed by atoms with Crippen molar-refractivity contribution >= 4 is 17.4 Å². The van der Waals surface area contributed by atoms with Crippen molar-refractivity contribution in [1.82, 2.24) is 4.98 Å². The van der Waals surface area contributed by atoms with Gasteiger partial charge < -0.3 is 10.1 Å². The van der Waals surface area contributed by atoms with Gasteiger partial charge in [0.25, 0.3) is 0 Å². The quantitative estimate of drug-likeness (QED) is 0.861. The molecule has 2 rings (SSSR count). The molecule has 0 saturated heterocycles. The molecule has 4 heteroatoms. The predicted molar refractivity (Wildman–Crippen MR) is 78.8 cm³/mol. The highest BCUT2D eigenvalue weighted by Gasteiger charge is 1.98. The zero-order valence-electron chi connectivity index (χ0n) is 10.9. The molecule has 0 fully saturated rings. The molecule has 0 spiro atoms. The number of halogens is 1. The van der Waals surface area contributed by atoms with Crippen LogP contribution < -0.4 is 10.1 Å². The van der Waals surface area contributed by atoms with E-state index in [9.17, 15) is 0 Å². The molecule has 2 aromatic rings. The van der Waals surface area contributed by atoms with E-state index in [4.69, 9.17) is 16.3 Å². The molecule has 0 atom stereocenters. The molecule has 0 bridgehead atoms. The van der Waals surface area contributed by atoms with Crippen molar-refractivity contribution in [3.05, 3.63) is 53.2 Å². The molecule has 1 aromatic carbocycles. The summed E-state index contributed by atoms with van der Waals surface area (Å²) in [5.41, 5.74) is 1.04. The standard InChI is InChI=1S/C15H17ClN2O/c1-2-9-17-15-8-3-12(10-18-15)11-19-14-6-4-13(16)5-7-14/h3-8,10H,2,9,11H2,1H3,(H,17,18). The van der Waals surface area contributed by atoms with E-state index in [1.807, 2.05) is 42.6 Å². The summed E-state index contributed by atoms with van der Waals surface area (Å²) in [7, 11) is 0. The minimum absolute atomic E-state index is 0.503. The fourth-order valence-electron chi connectivity index (χ4n) is 1.57. The Balaban J connectivity index is 1.87. The third-order valence-electron chi connectivity index (χ3n) is 2.60. The van der Waals surface area contributed by atoms with E-state index >= 15 is 0 Å². The average Bonchev–Trinajstić information content (AvgIpc) is 2.46. The molecule has 1 N–H and O–H groups in total. The fraction of sp³-hybridized carbons (Fsp3) is 0.267. The molecule has 3 nitrogen and oxygen atoms in total. The van der Waals surface area contributed by atoms with Crippen LogP contribution in [-0.2, 0) is 6.61 Å². The van der Waals surface area contributed by atoms with E-state index in [-0.39, 0.29) is 0 Å². The maximum atomic E-state index is 5.82. The van der Waals surface area contributed by atoms with E-state index < -0.39 is 0 Å². The summed E-state index contributed by atoms with van der Waals surface area (Å²) < 4.78 is 5.65. The van der Waals surface area contributed by atoms with Crippen LogP contribution >= 0.6 is 11.6 Å². The molecule has 19 heavy (non-hydrogen) atoms. The molecule has 1 heterocycles. The van der Waals surface area contributed by atoms with Crippen molar-refractivity contribution in [3.63, 3.8) is 0 Å². The Kier molecular flexibility index (Phi) is 5.04. The van der Waals surface area contributed by atoms with Crippen molar-refractivity contribution in [2.24, 2.45) is 0 Å². The normalized spacial score (nSPS) is 10.2. The largest absolute Gasteiger partial charge is 0.489 e. The Morgan fingerprint density at radius 1 is 1.16 bits per heavy atom. The van der Waals surface area contributed by atoms with Gasteiger partial charge in [-0.05, 0) is 36.8 Å². The third kappa shape index (κ3) is 4.45. The van der Waals surface area contributed by atoms with Gasteiger partial charge in [0, 0.05) is 23.3 Å². The second-order valence-corrected chi connectivity index (χ2v) is 4.66. The monoisotopic (exact) mass is 276 g/mol. The topological polar surface area (TPSA) is 34.1 Å². The smallest absolute Gasteiger partial charge is 0.125 e. The lowest BCUT2D eigenvalue weighted by molar-refractivity contribution is 0.306. The number of rotatable bonds is 6. The van der Waals surface area contributed by atoms with Gasteiger partial charge in [0.15, 0.2) is 0 Å². The molecule has 0 unspecified atom stereocenters. The molecule has 0 saturated carbocycles. The first-order valence-corrected chi connectivity index (χ1v) is 6.73. The van der Waals surface area contributed by atoms with Crippen LogP contribution in [0.5, 0.6) is 5.75 Å². The Morgan fingerprint density at radius 3 is 2.58 bits per heavy atom. The van der Waals surface area contributed by atoms with Crippen molar-refractivity contribution < 1.29 is 4.74 Å². The summed E-state index contributed by atoms with van der Waals surface area (Å²) in [5.74, 6) is 1.70. The van der Waals surface area contributed by atoms with E-state index in [1.165, 1.54) is 0 Å². The number of nitrogens with one attached hydrogen (secondary N) is 1. The zero-order valence-corrected chi connectivity index (χ0v) is 11.7. The van der Waals surface area contributed by atoms with Crippen LogP contribution in [-0.4, -0.2) is 11.5 Å². The number of benzene rings is 1. The highest BCUT2D eigenvalue weighted by molar-refractivity contribution is 6.30. The molecule has 0 amide bonds. The van der Waals surface area contributed by atoms with Gasteiger partial charge in [-0.3, -0.25) is 0 Å². The molecule has 0 aliphatic carbocycles. The maximum absolute atomic E-state index is 5.82. The molecular formula is C15H17ClN2O. The van der Waals surface area contributed by atoms with Crippen molar-refractivity contribution in [3.8, 4) is 5.75 Å². The second kappa shape index (κ2) is 7.00. The molecule has 0 radical (unpaired) electrons. The summed E-state index contributed by atoms with van der Waals surface area (Å²) in [6, 6.07) is 11.3. The van der Waals surface area contributed by atoms with Crippen LogP contribution in [0.4, 0.5) is 5.82 Å². The Bertz CT molecular complexity index is 497. The number of ether oxygens (including phenoxy) is 1. The first-order chi connectivity index (χ1) is 9.28. The van der Waals surface area contributed by atoms with Gasteiger partial charge in [0.2, 0.25) is 0 Å². The molecule has 0 aliphatic heterocycles. The van der Waals surface area contributed by atoms with Gasteiger partial charge in [-0.15, -0.1) is 0 Å². The van der Waals surface area contributed by atoms with Crippen LogP contribution in [0, 0.1) is 0 Å². The highest BCUT2D eigenvalue weighted by atomic mass is 35.5. The number of hydrogen-bond donors (Lipinski definition) is 1. The zero-order chi connectivity index (χ0) is 13.5. The van der Waals surface area contributed by atoms with Crippen LogP contribution in [0.25, 0.3) is 0 Å².